The summed E-state index contributed by atoms with van der Waals surface area (Å²) in [7, 11) is 1.75. The van der Waals surface area contributed by atoms with Gasteiger partial charge in [-0.1, -0.05) is 19.1 Å². The van der Waals surface area contributed by atoms with Crippen molar-refractivity contribution in [3.63, 3.8) is 0 Å². The number of benzene rings is 1. The van der Waals surface area contributed by atoms with E-state index in [1.165, 1.54) is 24.3 Å². The van der Waals surface area contributed by atoms with Crippen LogP contribution in [0.4, 0.5) is 13.2 Å². The number of ether oxygens (including phenoxy) is 1. The molecule has 0 saturated heterocycles. The van der Waals surface area contributed by atoms with Crippen LogP contribution in [-0.4, -0.2) is 35.9 Å². The predicted octanol–water partition coefficient (Wildman–Crippen LogP) is 2.74. The Kier molecular flexibility index (Phi) is 5.38. The molecular formula is C13H16F3NO3. The fourth-order valence-electron chi connectivity index (χ4n) is 1.72. The van der Waals surface area contributed by atoms with Gasteiger partial charge in [0.05, 0.1) is 5.92 Å². The minimum absolute atomic E-state index is 0.275. The van der Waals surface area contributed by atoms with Crippen LogP contribution >= 0.6 is 0 Å². The molecule has 0 spiro atoms. The first-order chi connectivity index (χ1) is 9.17. The van der Waals surface area contributed by atoms with Crippen molar-refractivity contribution >= 4 is 5.97 Å². The van der Waals surface area contributed by atoms with Gasteiger partial charge in [-0.25, -0.2) is 0 Å². The van der Waals surface area contributed by atoms with Gasteiger partial charge in [-0.15, -0.1) is 13.2 Å². The Hall–Kier alpha value is -1.76. The first kappa shape index (κ1) is 16.3. The van der Waals surface area contributed by atoms with Crippen LogP contribution < -0.4 is 4.74 Å². The molecule has 0 aromatic heterocycles. The molecule has 7 heteroatoms. The second-order valence-electron chi connectivity index (χ2n) is 4.63. The average Bonchev–Trinajstić information content (AvgIpc) is 2.29. The first-order valence-electron chi connectivity index (χ1n) is 5.93. The maximum absolute atomic E-state index is 12.0. The molecule has 0 aliphatic heterocycles. The fourth-order valence-corrected chi connectivity index (χ4v) is 1.72. The van der Waals surface area contributed by atoms with Crippen molar-refractivity contribution in [2.75, 3.05) is 13.6 Å². The van der Waals surface area contributed by atoms with Gasteiger partial charge < -0.3 is 14.7 Å². The summed E-state index contributed by atoms with van der Waals surface area (Å²) in [5.74, 6) is -1.67. The molecule has 1 N–H and O–H groups in total. The van der Waals surface area contributed by atoms with E-state index in [2.05, 4.69) is 4.74 Å². The summed E-state index contributed by atoms with van der Waals surface area (Å²) in [5, 5.41) is 8.79. The molecule has 112 valence electrons. The quantitative estimate of drug-likeness (QED) is 0.875. The molecule has 1 rings (SSSR count). The Morgan fingerprint density at radius 2 is 1.90 bits per heavy atom. The zero-order chi connectivity index (χ0) is 15.3. The zero-order valence-electron chi connectivity index (χ0n) is 11.1. The Morgan fingerprint density at radius 3 is 2.35 bits per heavy atom. The average molecular weight is 291 g/mol. The number of hydrogen-bond donors (Lipinski definition) is 1. The van der Waals surface area contributed by atoms with Gasteiger partial charge in [-0.05, 0) is 24.7 Å². The summed E-state index contributed by atoms with van der Waals surface area (Å²) >= 11 is 0. The van der Waals surface area contributed by atoms with Crippen molar-refractivity contribution in [1.82, 2.24) is 4.90 Å². The van der Waals surface area contributed by atoms with Gasteiger partial charge in [0, 0.05) is 13.1 Å². The van der Waals surface area contributed by atoms with Gasteiger partial charge in [0.1, 0.15) is 5.75 Å². The molecule has 1 atom stereocenters. The highest BCUT2D eigenvalue weighted by molar-refractivity contribution is 5.69. The molecular weight excluding hydrogens is 275 g/mol. The van der Waals surface area contributed by atoms with E-state index in [9.17, 15) is 18.0 Å². The largest absolute Gasteiger partial charge is 0.573 e. The molecule has 0 amide bonds. The second kappa shape index (κ2) is 6.60. The summed E-state index contributed by atoms with van der Waals surface area (Å²) in [6.07, 6.45) is -4.70. The molecule has 0 aliphatic carbocycles. The normalized spacial score (nSPS) is 13.3. The van der Waals surface area contributed by atoms with Crippen LogP contribution in [0.2, 0.25) is 0 Å². The summed E-state index contributed by atoms with van der Waals surface area (Å²) in [5.41, 5.74) is 0.777. The van der Waals surface area contributed by atoms with Crippen molar-refractivity contribution in [3.05, 3.63) is 29.8 Å². The Morgan fingerprint density at radius 1 is 1.35 bits per heavy atom. The van der Waals surface area contributed by atoms with Gasteiger partial charge >= 0.3 is 12.3 Å². The fraction of sp³-hybridized carbons (Fsp3) is 0.462. The molecule has 20 heavy (non-hydrogen) atoms. The number of alkyl halides is 3. The molecule has 1 aromatic rings. The molecule has 1 aromatic carbocycles. The Labute approximate surface area is 114 Å². The topological polar surface area (TPSA) is 49.8 Å². The van der Waals surface area contributed by atoms with E-state index in [1.807, 2.05) is 0 Å². The van der Waals surface area contributed by atoms with Crippen LogP contribution in [0.1, 0.15) is 12.5 Å². The maximum atomic E-state index is 12.0. The van der Waals surface area contributed by atoms with E-state index in [0.29, 0.717) is 13.1 Å². The third-order valence-corrected chi connectivity index (χ3v) is 2.62. The lowest BCUT2D eigenvalue weighted by molar-refractivity contribution is -0.274. The smallest absolute Gasteiger partial charge is 0.481 e. The van der Waals surface area contributed by atoms with Crippen LogP contribution in [0.3, 0.4) is 0 Å². The lowest BCUT2D eigenvalue weighted by atomic mass is 10.1. The van der Waals surface area contributed by atoms with Gasteiger partial charge in [-0.3, -0.25) is 4.79 Å². The molecule has 4 nitrogen and oxygen atoms in total. The lowest BCUT2D eigenvalue weighted by Crippen LogP contribution is -2.28. The molecule has 0 heterocycles. The van der Waals surface area contributed by atoms with E-state index >= 15 is 0 Å². The van der Waals surface area contributed by atoms with Crippen molar-refractivity contribution in [2.45, 2.75) is 19.8 Å². The number of aliphatic carboxylic acids is 1. The summed E-state index contributed by atoms with van der Waals surface area (Å²) in [6, 6.07) is 5.50. The SMILES string of the molecule is CC(CN(C)Cc1ccc(OC(F)(F)F)cc1)C(=O)O. The number of halogens is 3. The molecule has 0 fully saturated rings. The molecule has 0 saturated carbocycles. The monoisotopic (exact) mass is 291 g/mol. The Balaban J connectivity index is 2.55. The maximum Gasteiger partial charge on any atom is 0.573 e. The van der Waals surface area contributed by atoms with Gasteiger partial charge in [0.25, 0.3) is 0 Å². The van der Waals surface area contributed by atoms with Gasteiger partial charge in [-0.2, -0.15) is 0 Å². The summed E-state index contributed by atoms with van der Waals surface area (Å²) < 4.78 is 39.7. The van der Waals surface area contributed by atoms with Crippen LogP contribution in [0, 0.1) is 5.92 Å². The predicted molar refractivity (Wildman–Crippen MR) is 66.3 cm³/mol. The number of nitrogens with zero attached hydrogens (tertiary/aromatic N) is 1. The minimum Gasteiger partial charge on any atom is -0.481 e. The van der Waals surface area contributed by atoms with Crippen LogP contribution in [-0.2, 0) is 11.3 Å². The number of carboxylic acid groups (broad SMARTS) is 1. The van der Waals surface area contributed by atoms with Crippen molar-refractivity contribution in [2.24, 2.45) is 5.92 Å². The highest BCUT2D eigenvalue weighted by Gasteiger charge is 2.30. The minimum atomic E-state index is -4.70. The van der Waals surface area contributed by atoms with E-state index in [-0.39, 0.29) is 5.75 Å². The van der Waals surface area contributed by atoms with Crippen molar-refractivity contribution in [3.8, 4) is 5.75 Å². The van der Waals surface area contributed by atoms with Gasteiger partial charge in [0.15, 0.2) is 0 Å². The standard InChI is InChI=1S/C13H16F3NO3/c1-9(12(18)19)7-17(2)8-10-3-5-11(6-4-10)20-13(14,15)16/h3-6,9H,7-8H2,1-2H3,(H,18,19). The van der Waals surface area contributed by atoms with Crippen LogP contribution in [0.25, 0.3) is 0 Å². The Bertz CT molecular complexity index is 445. The van der Waals surface area contributed by atoms with E-state index in [4.69, 9.17) is 5.11 Å². The zero-order valence-corrected chi connectivity index (χ0v) is 11.1. The molecule has 0 bridgehead atoms. The van der Waals surface area contributed by atoms with Crippen molar-refractivity contribution < 1.29 is 27.8 Å². The number of rotatable bonds is 6. The van der Waals surface area contributed by atoms with Crippen LogP contribution in [0.15, 0.2) is 24.3 Å². The second-order valence-corrected chi connectivity index (χ2v) is 4.63. The van der Waals surface area contributed by atoms with E-state index in [0.717, 1.165) is 5.56 Å². The third-order valence-electron chi connectivity index (χ3n) is 2.62. The lowest BCUT2D eigenvalue weighted by Gasteiger charge is -2.19. The van der Waals surface area contributed by atoms with Crippen LogP contribution in [0.5, 0.6) is 5.75 Å². The number of carbonyl (C=O) groups is 1. The van der Waals surface area contributed by atoms with E-state index in [1.54, 1.807) is 18.9 Å². The van der Waals surface area contributed by atoms with Crippen molar-refractivity contribution in [1.29, 1.82) is 0 Å². The molecule has 0 aliphatic rings. The third kappa shape index (κ3) is 5.92. The van der Waals surface area contributed by atoms with E-state index < -0.39 is 18.2 Å². The van der Waals surface area contributed by atoms with Gasteiger partial charge in [0.2, 0.25) is 0 Å². The highest BCUT2D eigenvalue weighted by Crippen LogP contribution is 2.23. The number of hydrogen-bond acceptors (Lipinski definition) is 3. The number of carboxylic acids is 1. The highest BCUT2D eigenvalue weighted by atomic mass is 19.4. The summed E-state index contributed by atoms with van der Waals surface area (Å²) in [6.45, 7) is 2.40. The first-order valence-corrected chi connectivity index (χ1v) is 5.93. The molecule has 0 radical (unpaired) electrons. The molecule has 1 unspecified atom stereocenters. The summed E-state index contributed by atoms with van der Waals surface area (Å²) in [4.78, 5) is 12.5.